The molecule has 1 aliphatic heterocycles. The van der Waals surface area contributed by atoms with Crippen molar-refractivity contribution in [3.8, 4) is 5.75 Å². The van der Waals surface area contributed by atoms with Gasteiger partial charge in [0.05, 0.1) is 7.11 Å². The van der Waals surface area contributed by atoms with Crippen LogP contribution in [0.5, 0.6) is 5.75 Å². The summed E-state index contributed by atoms with van der Waals surface area (Å²) in [5, 5.41) is 0. The Morgan fingerprint density at radius 3 is 1.59 bits per heavy atom. The second-order valence-corrected chi connectivity index (χ2v) is 7.60. The van der Waals surface area contributed by atoms with Crippen LogP contribution in [-0.4, -0.2) is 54.9 Å². The van der Waals surface area contributed by atoms with Crippen molar-refractivity contribution >= 4 is 11.8 Å². The minimum Gasteiger partial charge on any atom is -0.497 e. The van der Waals surface area contributed by atoms with Crippen LogP contribution in [0.1, 0.15) is 29.5 Å². The van der Waals surface area contributed by atoms with Gasteiger partial charge in [0, 0.05) is 39.0 Å². The molecule has 3 rings (SSSR count). The smallest absolute Gasteiger partial charge is 0.223 e. The van der Waals surface area contributed by atoms with E-state index in [0.29, 0.717) is 39.0 Å². The van der Waals surface area contributed by atoms with Crippen molar-refractivity contribution in [3.63, 3.8) is 0 Å². The Balaban J connectivity index is 1.38. The van der Waals surface area contributed by atoms with Crippen molar-refractivity contribution in [2.75, 3.05) is 33.3 Å². The molecule has 154 valence electrons. The molecule has 0 aliphatic carbocycles. The predicted molar refractivity (Wildman–Crippen MR) is 114 cm³/mol. The molecule has 1 fully saturated rings. The van der Waals surface area contributed by atoms with Gasteiger partial charge in [0.15, 0.2) is 0 Å². The molecule has 1 saturated heterocycles. The molecule has 2 aromatic carbocycles. The van der Waals surface area contributed by atoms with Crippen molar-refractivity contribution < 1.29 is 14.3 Å². The molecule has 2 aromatic rings. The Labute approximate surface area is 173 Å². The van der Waals surface area contributed by atoms with E-state index < -0.39 is 0 Å². The maximum Gasteiger partial charge on any atom is 0.223 e. The number of amides is 2. The number of piperazine rings is 1. The second kappa shape index (κ2) is 10.1. The highest BCUT2D eigenvalue weighted by Gasteiger charge is 2.23. The molecule has 0 aromatic heterocycles. The van der Waals surface area contributed by atoms with Crippen molar-refractivity contribution in [3.05, 3.63) is 65.2 Å². The van der Waals surface area contributed by atoms with Crippen LogP contribution in [0.15, 0.2) is 48.5 Å². The Hall–Kier alpha value is -2.82. The van der Waals surface area contributed by atoms with Crippen molar-refractivity contribution in [2.24, 2.45) is 0 Å². The van der Waals surface area contributed by atoms with Crippen molar-refractivity contribution in [2.45, 2.75) is 32.6 Å². The first-order valence-corrected chi connectivity index (χ1v) is 10.3. The monoisotopic (exact) mass is 394 g/mol. The lowest BCUT2D eigenvalue weighted by molar-refractivity contribution is -0.139. The number of nitrogens with zero attached hydrogens (tertiary/aromatic N) is 2. The summed E-state index contributed by atoms with van der Waals surface area (Å²) in [5.41, 5.74) is 3.55. The maximum atomic E-state index is 12.5. The molecule has 0 atom stereocenters. The van der Waals surface area contributed by atoms with Crippen LogP contribution < -0.4 is 4.74 Å². The molecule has 1 aliphatic rings. The molecule has 0 bridgehead atoms. The number of carbonyl (C=O) groups is 2. The maximum absolute atomic E-state index is 12.5. The van der Waals surface area contributed by atoms with Crippen LogP contribution >= 0.6 is 0 Å². The molecule has 0 radical (unpaired) electrons. The van der Waals surface area contributed by atoms with Gasteiger partial charge in [-0.05, 0) is 43.0 Å². The fraction of sp³-hybridized carbons (Fsp3) is 0.417. The summed E-state index contributed by atoms with van der Waals surface area (Å²) in [6.07, 6.45) is 2.50. The van der Waals surface area contributed by atoms with Crippen LogP contribution in [0, 0.1) is 6.92 Å². The normalized spacial score (nSPS) is 14.0. The first-order valence-electron chi connectivity index (χ1n) is 10.3. The quantitative estimate of drug-likeness (QED) is 0.724. The van der Waals surface area contributed by atoms with Gasteiger partial charge < -0.3 is 14.5 Å². The van der Waals surface area contributed by atoms with Crippen LogP contribution in [0.3, 0.4) is 0 Å². The average Bonchev–Trinajstić information content (AvgIpc) is 2.77. The van der Waals surface area contributed by atoms with Gasteiger partial charge in [0.25, 0.3) is 0 Å². The third kappa shape index (κ3) is 6.08. The average molecular weight is 395 g/mol. The van der Waals surface area contributed by atoms with Crippen molar-refractivity contribution in [1.82, 2.24) is 9.80 Å². The number of benzene rings is 2. The number of carbonyl (C=O) groups excluding carboxylic acids is 2. The van der Waals surface area contributed by atoms with E-state index in [4.69, 9.17) is 4.74 Å². The van der Waals surface area contributed by atoms with Crippen LogP contribution in [-0.2, 0) is 22.4 Å². The standard InChI is InChI=1S/C24H30N2O3/c1-19-3-5-20(6-4-19)9-13-23(27)25-15-17-26(18-16-25)24(28)14-10-21-7-11-22(29-2)12-8-21/h3-8,11-12H,9-10,13-18H2,1-2H3. The summed E-state index contributed by atoms with van der Waals surface area (Å²) in [7, 11) is 1.64. The van der Waals surface area contributed by atoms with Gasteiger partial charge in [-0.1, -0.05) is 42.0 Å². The zero-order valence-electron chi connectivity index (χ0n) is 17.4. The number of ether oxygens (including phenoxy) is 1. The minimum absolute atomic E-state index is 0.160. The first-order chi connectivity index (χ1) is 14.0. The SMILES string of the molecule is COc1ccc(CCC(=O)N2CCN(C(=O)CCc3ccc(C)cc3)CC2)cc1. The van der Waals surface area contributed by atoms with E-state index >= 15 is 0 Å². The van der Waals surface area contributed by atoms with Gasteiger partial charge in [0.2, 0.25) is 11.8 Å². The zero-order chi connectivity index (χ0) is 20.6. The topological polar surface area (TPSA) is 49.9 Å². The third-order valence-corrected chi connectivity index (χ3v) is 5.52. The summed E-state index contributed by atoms with van der Waals surface area (Å²) >= 11 is 0. The molecule has 0 unspecified atom stereocenters. The fourth-order valence-corrected chi connectivity index (χ4v) is 3.57. The summed E-state index contributed by atoms with van der Waals surface area (Å²) in [4.78, 5) is 28.8. The van der Waals surface area contributed by atoms with Gasteiger partial charge in [-0.15, -0.1) is 0 Å². The zero-order valence-corrected chi connectivity index (χ0v) is 17.4. The Morgan fingerprint density at radius 1 is 0.759 bits per heavy atom. The first kappa shape index (κ1) is 20.9. The highest BCUT2D eigenvalue weighted by molar-refractivity contribution is 5.78. The summed E-state index contributed by atoms with van der Waals surface area (Å²) in [5.74, 6) is 1.16. The van der Waals surface area contributed by atoms with E-state index in [2.05, 4.69) is 31.2 Å². The van der Waals surface area contributed by atoms with Gasteiger partial charge >= 0.3 is 0 Å². The minimum atomic E-state index is 0.160. The highest BCUT2D eigenvalue weighted by Crippen LogP contribution is 2.14. The van der Waals surface area contributed by atoms with E-state index in [1.165, 1.54) is 11.1 Å². The molecule has 5 heteroatoms. The number of hydrogen-bond donors (Lipinski definition) is 0. The van der Waals surface area contributed by atoms with E-state index in [9.17, 15) is 9.59 Å². The number of hydrogen-bond acceptors (Lipinski definition) is 3. The third-order valence-electron chi connectivity index (χ3n) is 5.52. The van der Waals surface area contributed by atoms with Crippen molar-refractivity contribution in [1.29, 1.82) is 0 Å². The predicted octanol–water partition coefficient (Wildman–Crippen LogP) is 3.24. The summed E-state index contributed by atoms with van der Waals surface area (Å²) in [6, 6.07) is 16.2. The molecule has 2 amide bonds. The molecule has 0 saturated carbocycles. The van der Waals surface area contributed by atoms with Gasteiger partial charge in [-0.2, -0.15) is 0 Å². The van der Waals surface area contributed by atoms with E-state index in [1.807, 2.05) is 34.1 Å². The van der Waals surface area contributed by atoms with Gasteiger partial charge in [-0.25, -0.2) is 0 Å². The Bertz CT molecular complexity index is 807. The Morgan fingerprint density at radius 2 is 1.17 bits per heavy atom. The molecule has 0 spiro atoms. The number of rotatable bonds is 7. The molecule has 29 heavy (non-hydrogen) atoms. The van der Waals surface area contributed by atoms with Crippen LogP contribution in [0.2, 0.25) is 0 Å². The molecular weight excluding hydrogens is 364 g/mol. The van der Waals surface area contributed by atoms with E-state index in [1.54, 1.807) is 7.11 Å². The van der Waals surface area contributed by atoms with Crippen LogP contribution in [0.4, 0.5) is 0 Å². The highest BCUT2D eigenvalue weighted by atomic mass is 16.5. The largest absolute Gasteiger partial charge is 0.497 e. The lowest BCUT2D eigenvalue weighted by Gasteiger charge is -2.35. The summed E-state index contributed by atoms with van der Waals surface area (Å²) < 4.78 is 5.16. The Kier molecular flexibility index (Phi) is 7.28. The molecule has 0 N–H and O–H groups in total. The lowest BCUT2D eigenvalue weighted by atomic mass is 10.1. The number of aryl methyl sites for hydroxylation is 3. The van der Waals surface area contributed by atoms with Gasteiger partial charge in [-0.3, -0.25) is 9.59 Å². The lowest BCUT2D eigenvalue weighted by Crippen LogP contribution is -2.50. The summed E-state index contributed by atoms with van der Waals surface area (Å²) in [6.45, 7) is 4.56. The van der Waals surface area contributed by atoms with E-state index in [0.717, 1.165) is 24.2 Å². The molecular formula is C24H30N2O3. The molecule has 1 heterocycles. The van der Waals surface area contributed by atoms with Crippen LogP contribution in [0.25, 0.3) is 0 Å². The van der Waals surface area contributed by atoms with Gasteiger partial charge in [0.1, 0.15) is 5.75 Å². The fourth-order valence-electron chi connectivity index (χ4n) is 3.57. The van der Waals surface area contributed by atoms with E-state index in [-0.39, 0.29) is 11.8 Å². The number of methoxy groups -OCH3 is 1. The second-order valence-electron chi connectivity index (χ2n) is 7.60. The molecule has 5 nitrogen and oxygen atoms in total.